The van der Waals surface area contributed by atoms with Crippen LogP contribution < -0.4 is 15.0 Å². The number of anilines is 1. The van der Waals surface area contributed by atoms with Crippen molar-refractivity contribution < 1.29 is 17.9 Å². The second-order valence-corrected chi connectivity index (χ2v) is 10.7. The Kier molecular flexibility index (Phi) is 6.63. The fraction of sp³-hybridized carbons (Fsp3) is 0.310. The van der Waals surface area contributed by atoms with Gasteiger partial charge in [-0.25, -0.2) is 9.37 Å². The SMILES string of the molecule is Fc1c(-c2cccc3cccc(Cl)c23)ncc2c(N3CC4CCC(C3)N4)nc(OCCc3nccn3C(F)F)nc12. The van der Waals surface area contributed by atoms with Gasteiger partial charge in [-0.15, -0.1) is 0 Å². The number of piperazine rings is 1. The molecule has 2 bridgehead atoms. The summed E-state index contributed by atoms with van der Waals surface area (Å²) in [4.78, 5) is 19.8. The number of pyridine rings is 1. The Labute approximate surface area is 238 Å². The number of fused-ring (bicyclic) bond motifs is 4. The number of halogens is 4. The van der Waals surface area contributed by atoms with E-state index in [-0.39, 0.29) is 36.1 Å². The minimum absolute atomic E-state index is 0.0139. The van der Waals surface area contributed by atoms with Gasteiger partial charge in [-0.05, 0) is 24.3 Å². The number of ether oxygens (including phenoxy) is 1. The third-order valence-corrected chi connectivity index (χ3v) is 8.10. The number of benzene rings is 2. The first-order valence-corrected chi connectivity index (χ1v) is 13.8. The maximum absolute atomic E-state index is 16.4. The van der Waals surface area contributed by atoms with Crippen LogP contribution in [0.4, 0.5) is 19.0 Å². The van der Waals surface area contributed by atoms with Crippen LogP contribution in [0.5, 0.6) is 6.01 Å². The molecule has 12 heteroatoms. The third-order valence-electron chi connectivity index (χ3n) is 7.78. The standard InChI is InChI=1S/C29H25ClF3N7O/c30-21-6-2-4-16-3-1-5-19(23(16)21)25-24(31)26-20(13-35-25)27(39-14-17-7-8-18(15-39)36-17)38-29(37-26)41-12-9-22-34-10-11-40(22)28(32)33/h1-6,10-11,13,17-18,28,36H,7-9,12,14-15H2. The summed E-state index contributed by atoms with van der Waals surface area (Å²) in [7, 11) is 0. The number of nitrogens with one attached hydrogen (secondary N) is 1. The molecule has 2 aliphatic heterocycles. The molecule has 2 aliphatic rings. The number of nitrogens with zero attached hydrogens (tertiary/aromatic N) is 6. The maximum atomic E-state index is 16.4. The quantitative estimate of drug-likeness (QED) is 0.261. The number of alkyl halides is 2. The Morgan fingerprint density at radius 3 is 2.61 bits per heavy atom. The zero-order valence-corrected chi connectivity index (χ0v) is 22.5. The van der Waals surface area contributed by atoms with Crippen molar-refractivity contribution in [3.63, 3.8) is 0 Å². The monoisotopic (exact) mass is 579 g/mol. The molecule has 41 heavy (non-hydrogen) atoms. The lowest BCUT2D eigenvalue weighted by molar-refractivity contribution is 0.0663. The normalized spacial score (nSPS) is 18.6. The summed E-state index contributed by atoms with van der Waals surface area (Å²) < 4.78 is 49.5. The first-order valence-electron chi connectivity index (χ1n) is 13.4. The van der Waals surface area contributed by atoms with Crippen molar-refractivity contribution in [1.82, 2.24) is 29.8 Å². The molecule has 5 aromatic rings. The molecule has 0 radical (unpaired) electrons. The predicted molar refractivity (Wildman–Crippen MR) is 150 cm³/mol. The molecule has 2 aromatic carbocycles. The summed E-state index contributed by atoms with van der Waals surface area (Å²) in [6.07, 6.45) is 6.35. The maximum Gasteiger partial charge on any atom is 0.319 e. The summed E-state index contributed by atoms with van der Waals surface area (Å²) in [5.41, 5.74) is 0.736. The van der Waals surface area contributed by atoms with Crippen LogP contribution in [0.3, 0.4) is 0 Å². The largest absolute Gasteiger partial charge is 0.463 e. The number of hydrogen-bond donors (Lipinski definition) is 1. The van der Waals surface area contributed by atoms with Gasteiger partial charge in [0.05, 0.1) is 12.0 Å². The smallest absolute Gasteiger partial charge is 0.319 e. The average Bonchev–Trinajstić information content (AvgIpc) is 3.58. The van der Waals surface area contributed by atoms with E-state index in [4.69, 9.17) is 16.3 Å². The van der Waals surface area contributed by atoms with Gasteiger partial charge in [0.15, 0.2) is 5.82 Å². The summed E-state index contributed by atoms with van der Waals surface area (Å²) >= 11 is 6.54. The minimum atomic E-state index is -2.71. The molecule has 0 spiro atoms. The molecule has 2 fully saturated rings. The van der Waals surface area contributed by atoms with Crippen LogP contribution in [0.15, 0.2) is 55.0 Å². The van der Waals surface area contributed by atoms with E-state index < -0.39 is 12.4 Å². The Morgan fingerprint density at radius 1 is 1.05 bits per heavy atom. The van der Waals surface area contributed by atoms with Crippen LogP contribution in [0.25, 0.3) is 32.9 Å². The Balaban J connectivity index is 1.31. The molecule has 1 N–H and O–H groups in total. The molecule has 2 unspecified atom stereocenters. The minimum Gasteiger partial charge on any atom is -0.463 e. The highest BCUT2D eigenvalue weighted by Crippen LogP contribution is 2.38. The van der Waals surface area contributed by atoms with Crippen molar-refractivity contribution in [2.45, 2.75) is 37.9 Å². The molecular formula is C29H25ClF3N7O. The van der Waals surface area contributed by atoms with Gasteiger partial charge in [-0.3, -0.25) is 9.55 Å². The van der Waals surface area contributed by atoms with Gasteiger partial charge in [-0.1, -0.05) is 41.9 Å². The van der Waals surface area contributed by atoms with Crippen LogP contribution in [0.1, 0.15) is 25.2 Å². The van der Waals surface area contributed by atoms with Crippen LogP contribution in [0, 0.1) is 5.82 Å². The molecule has 7 rings (SSSR count). The fourth-order valence-corrected chi connectivity index (χ4v) is 6.21. The number of imidazole rings is 1. The van der Waals surface area contributed by atoms with Gasteiger partial charge in [0.1, 0.15) is 22.9 Å². The summed E-state index contributed by atoms with van der Waals surface area (Å²) in [6, 6.07) is 11.6. The number of rotatable bonds is 7. The lowest BCUT2D eigenvalue weighted by atomic mass is 10.0. The van der Waals surface area contributed by atoms with Crippen LogP contribution in [0.2, 0.25) is 5.02 Å². The second kappa shape index (κ2) is 10.5. The topological polar surface area (TPSA) is 81.0 Å². The number of aromatic nitrogens is 5. The highest BCUT2D eigenvalue weighted by molar-refractivity contribution is 6.36. The van der Waals surface area contributed by atoms with Crippen molar-refractivity contribution in [3.05, 3.63) is 71.7 Å². The fourth-order valence-electron chi connectivity index (χ4n) is 5.93. The van der Waals surface area contributed by atoms with E-state index >= 15 is 4.39 Å². The first-order chi connectivity index (χ1) is 20.0. The van der Waals surface area contributed by atoms with E-state index in [1.54, 1.807) is 18.3 Å². The van der Waals surface area contributed by atoms with Gasteiger partial charge < -0.3 is 15.0 Å². The van der Waals surface area contributed by atoms with E-state index in [9.17, 15) is 8.78 Å². The molecule has 5 heterocycles. The lowest BCUT2D eigenvalue weighted by Crippen LogP contribution is -2.51. The number of hydrogen-bond acceptors (Lipinski definition) is 7. The first kappa shape index (κ1) is 26.0. The molecule has 8 nitrogen and oxygen atoms in total. The Bertz CT molecular complexity index is 1750. The summed E-state index contributed by atoms with van der Waals surface area (Å²) in [6.45, 7) is -1.31. The predicted octanol–water partition coefficient (Wildman–Crippen LogP) is 5.79. The van der Waals surface area contributed by atoms with Crippen LogP contribution in [-0.2, 0) is 6.42 Å². The van der Waals surface area contributed by atoms with Crippen molar-refractivity contribution in [2.24, 2.45) is 0 Å². The van der Waals surface area contributed by atoms with Crippen LogP contribution in [-0.4, -0.2) is 56.3 Å². The molecule has 3 aromatic heterocycles. The van der Waals surface area contributed by atoms with Crippen molar-refractivity contribution in [2.75, 3.05) is 24.6 Å². The van der Waals surface area contributed by atoms with Gasteiger partial charge in [0.25, 0.3) is 0 Å². The van der Waals surface area contributed by atoms with Gasteiger partial charge in [0.2, 0.25) is 0 Å². The molecule has 2 atom stereocenters. The molecule has 0 amide bonds. The zero-order chi connectivity index (χ0) is 28.1. The molecular weight excluding hydrogens is 555 g/mol. The Morgan fingerprint density at radius 2 is 1.83 bits per heavy atom. The van der Waals surface area contributed by atoms with E-state index in [0.717, 1.165) is 22.8 Å². The second-order valence-electron chi connectivity index (χ2n) is 10.3. The van der Waals surface area contributed by atoms with Crippen LogP contribution >= 0.6 is 11.6 Å². The van der Waals surface area contributed by atoms with Gasteiger partial charge in [-0.2, -0.15) is 18.7 Å². The van der Waals surface area contributed by atoms with E-state index in [1.165, 1.54) is 12.4 Å². The zero-order valence-electron chi connectivity index (χ0n) is 21.8. The summed E-state index contributed by atoms with van der Waals surface area (Å²) in [5.74, 6) is 0.0892. The van der Waals surface area contributed by atoms with Gasteiger partial charge in [0, 0.05) is 66.2 Å². The highest BCUT2D eigenvalue weighted by Gasteiger charge is 2.34. The van der Waals surface area contributed by atoms with E-state index in [1.807, 2.05) is 24.3 Å². The third kappa shape index (κ3) is 4.72. The molecule has 0 aliphatic carbocycles. The summed E-state index contributed by atoms with van der Waals surface area (Å²) in [5, 5.41) is 6.11. The molecule has 2 saturated heterocycles. The molecule has 0 saturated carbocycles. The Hall–Kier alpha value is -3.96. The molecule has 210 valence electrons. The van der Waals surface area contributed by atoms with Crippen molar-refractivity contribution >= 4 is 39.1 Å². The van der Waals surface area contributed by atoms with Crippen molar-refractivity contribution in [1.29, 1.82) is 0 Å². The van der Waals surface area contributed by atoms with Crippen molar-refractivity contribution in [3.8, 4) is 17.3 Å². The van der Waals surface area contributed by atoms with E-state index in [0.29, 0.717) is 52.3 Å². The van der Waals surface area contributed by atoms with E-state index in [2.05, 4.69) is 30.2 Å². The highest BCUT2D eigenvalue weighted by atomic mass is 35.5. The lowest BCUT2D eigenvalue weighted by Gasteiger charge is -2.34. The average molecular weight is 580 g/mol. The van der Waals surface area contributed by atoms with Gasteiger partial charge >= 0.3 is 12.6 Å².